The van der Waals surface area contributed by atoms with Crippen LogP contribution in [-0.2, 0) is 9.16 Å². The van der Waals surface area contributed by atoms with Crippen LogP contribution in [0.4, 0.5) is 5.95 Å². The van der Waals surface area contributed by atoms with Crippen LogP contribution in [0.25, 0.3) is 11.2 Å². The van der Waals surface area contributed by atoms with Crippen molar-refractivity contribution in [2.75, 3.05) is 12.3 Å². The number of nitrogens with zero attached hydrogens (tertiary/aromatic N) is 3. The molecule has 0 unspecified atom stereocenters. The third kappa shape index (κ3) is 4.20. The average Bonchev–Trinajstić information content (AvgIpc) is 3.47. The number of imidazole rings is 1. The average molecular weight is 490 g/mol. The first-order valence-electron chi connectivity index (χ1n) is 11.9. The van der Waals surface area contributed by atoms with Gasteiger partial charge in [0, 0.05) is 0 Å². The number of hydrogen-bond acceptors (Lipinski definition) is 6. The van der Waals surface area contributed by atoms with Crippen LogP contribution in [0.2, 0.25) is 5.04 Å². The van der Waals surface area contributed by atoms with Gasteiger partial charge in [0.05, 0.1) is 19.0 Å². The maximum atomic E-state index is 12.2. The van der Waals surface area contributed by atoms with Gasteiger partial charge in [-0.2, -0.15) is 4.98 Å². The quantitative estimate of drug-likeness (QED) is 0.403. The second-order valence-corrected chi connectivity index (χ2v) is 14.3. The third-order valence-corrected chi connectivity index (χ3v) is 11.8. The molecule has 0 spiro atoms. The molecule has 3 heterocycles. The molecule has 1 fully saturated rings. The van der Waals surface area contributed by atoms with Crippen LogP contribution < -0.4 is 21.7 Å². The summed E-state index contributed by atoms with van der Waals surface area (Å²) in [5, 5.41) is 2.39. The number of nitrogens with two attached hydrogens (primary N) is 1. The molecule has 0 saturated carbocycles. The van der Waals surface area contributed by atoms with Gasteiger partial charge in [0.2, 0.25) is 5.95 Å². The summed E-state index contributed by atoms with van der Waals surface area (Å²) in [6, 6.07) is 21.2. The molecule has 0 aliphatic carbocycles. The number of aromatic nitrogens is 4. The molecule has 5 rings (SSSR count). The third-order valence-electron chi connectivity index (χ3n) is 6.75. The first-order chi connectivity index (χ1) is 16.8. The summed E-state index contributed by atoms with van der Waals surface area (Å²) in [7, 11) is -2.64. The highest BCUT2D eigenvalue weighted by atomic mass is 28.4. The van der Waals surface area contributed by atoms with Gasteiger partial charge >= 0.3 is 0 Å². The van der Waals surface area contributed by atoms with Gasteiger partial charge in [-0.05, 0) is 28.3 Å². The maximum Gasteiger partial charge on any atom is 0.280 e. The molecule has 9 heteroatoms. The Kier molecular flexibility index (Phi) is 6.08. The van der Waals surface area contributed by atoms with E-state index in [-0.39, 0.29) is 34.4 Å². The zero-order valence-electron chi connectivity index (χ0n) is 20.3. The van der Waals surface area contributed by atoms with E-state index in [1.165, 1.54) is 10.4 Å². The molecule has 35 heavy (non-hydrogen) atoms. The molecule has 0 radical (unpaired) electrons. The van der Waals surface area contributed by atoms with Crippen molar-refractivity contribution < 1.29 is 9.16 Å². The van der Waals surface area contributed by atoms with Crippen LogP contribution in [-0.4, -0.2) is 40.5 Å². The normalized spacial score (nSPS) is 18.8. The molecule has 4 aromatic rings. The molecule has 2 atom stereocenters. The van der Waals surface area contributed by atoms with E-state index in [2.05, 4.69) is 84.3 Å². The van der Waals surface area contributed by atoms with E-state index in [9.17, 15) is 4.79 Å². The molecule has 1 aliphatic rings. The predicted octanol–water partition coefficient (Wildman–Crippen LogP) is 2.96. The summed E-state index contributed by atoms with van der Waals surface area (Å²) in [5.74, 6) is 0.0637. The molecule has 0 bridgehead atoms. The van der Waals surface area contributed by atoms with E-state index < -0.39 is 8.32 Å². The summed E-state index contributed by atoms with van der Waals surface area (Å²) in [6.07, 6.45) is 2.85. The van der Waals surface area contributed by atoms with Crippen molar-refractivity contribution in [1.29, 1.82) is 0 Å². The number of anilines is 1. The minimum atomic E-state index is -2.64. The second kappa shape index (κ2) is 9.07. The molecule has 8 nitrogen and oxygen atoms in total. The smallest absolute Gasteiger partial charge is 0.280 e. The van der Waals surface area contributed by atoms with Crippen LogP contribution in [0.5, 0.6) is 0 Å². The zero-order valence-corrected chi connectivity index (χ0v) is 21.3. The fraction of sp³-hybridized carbons (Fsp3) is 0.346. The number of fused-ring (bicyclic) bond motifs is 1. The number of rotatable bonds is 6. The highest BCUT2D eigenvalue weighted by molar-refractivity contribution is 6.99. The maximum absolute atomic E-state index is 12.2. The number of benzene rings is 2. The summed E-state index contributed by atoms with van der Waals surface area (Å²) in [4.78, 5) is 23.2. The lowest BCUT2D eigenvalue weighted by molar-refractivity contribution is -0.0175. The lowest BCUT2D eigenvalue weighted by Crippen LogP contribution is -2.67. The highest BCUT2D eigenvalue weighted by Gasteiger charge is 2.50. The van der Waals surface area contributed by atoms with Crippen molar-refractivity contribution in [2.45, 2.75) is 51.0 Å². The van der Waals surface area contributed by atoms with Crippen LogP contribution in [0, 0.1) is 0 Å². The fourth-order valence-corrected chi connectivity index (χ4v) is 9.74. The van der Waals surface area contributed by atoms with E-state index in [4.69, 9.17) is 14.9 Å². The van der Waals surface area contributed by atoms with Crippen LogP contribution >= 0.6 is 0 Å². The zero-order chi connectivity index (χ0) is 24.6. The Balaban J connectivity index is 1.42. The van der Waals surface area contributed by atoms with Gasteiger partial charge in [-0.15, -0.1) is 0 Å². The Hall–Kier alpha value is -3.27. The van der Waals surface area contributed by atoms with Crippen LogP contribution in [0.3, 0.4) is 0 Å². The standard InChI is InChI=1S/C26H31N5O3Si/c1-26(2,3)35(19-10-6-4-7-11-19,20-12-8-5-9-13-20)33-16-18-14-15-21(34-18)31-17-28-22-23(31)29-25(27)30-24(22)32/h4-13,17-18,21H,14-16H2,1-3H3,(H3,27,29,30,32)/t18-,21-/m1/s1. The van der Waals surface area contributed by atoms with Crippen molar-refractivity contribution in [2.24, 2.45) is 0 Å². The summed E-state index contributed by atoms with van der Waals surface area (Å²) in [5.41, 5.74) is 6.10. The molecule has 3 N–H and O–H groups in total. The van der Waals surface area contributed by atoms with Crippen molar-refractivity contribution in [1.82, 2.24) is 19.5 Å². The predicted molar refractivity (Wildman–Crippen MR) is 139 cm³/mol. The van der Waals surface area contributed by atoms with Gasteiger partial charge in [-0.1, -0.05) is 81.4 Å². The van der Waals surface area contributed by atoms with Gasteiger partial charge in [-0.3, -0.25) is 14.3 Å². The molecular weight excluding hydrogens is 458 g/mol. The van der Waals surface area contributed by atoms with Gasteiger partial charge in [0.15, 0.2) is 11.2 Å². The molecule has 1 saturated heterocycles. The van der Waals surface area contributed by atoms with Crippen molar-refractivity contribution in [3.8, 4) is 0 Å². The first-order valence-corrected chi connectivity index (χ1v) is 13.8. The van der Waals surface area contributed by atoms with Gasteiger partial charge < -0.3 is 14.9 Å². The van der Waals surface area contributed by atoms with E-state index in [1.807, 2.05) is 12.1 Å². The summed E-state index contributed by atoms with van der Waals surface area (Å²) in [6.45, 7) is 7.28. The molecule has 1 aliphatic heterocycles. The molecule has 182 valence electrons. The highest BCUT2D eigenvalue weighted by Crippen LogP contribution is 2.38. The number of aromatic amines is 1. The lowest BCUT2D eigenvalue weighted by Gasteiger charge is -2.43. The van der Waals surface area contributed by atoms with Gasteiger partial charge in [0.25, 0.3) is 13.9 Å². The minimum Gasteiger partial charge on any atom is -0.405 e. The number of nitrogens with one attached hydrogen (secondary N) is 1. The first kappa shape index (κ1) is 23.5. The van der Waals surface area contributed by atoms with Crippen molar-refractivity contribution >= 4 is 35.8 Å². The molecule has 2 aromatic heterocycles. The molecule has 2 aromatic carbocycles. The van der Waals surface area contributed by atoms with Gasteiger partial charge in [-0.25, -0.2) is 4.98 Å². The molecule has 0 amide bonds. The minimum absolute atomic E-state index is 0.0637. The SMILES string of the molecule is CC(C)(C)[Si](OC[C@H]1CC[C@H](n2cnc3c(=O)[nH]c(N)nc32)O1)(c1ccccc1)c1ccccc1. The Morgan fingerprint density at radius 1 is 1.09 bits per heavy atom. The summed E-state index contributed by atoms with van der Waals surface area (Å²) >= 11 is 0. The second-order valence-electron chi connectivity index (χ2n) is 10.0. The van der Waals surface area contributed by atoms with Gasteiger partial charge in [0.1, 0.15) is 6.23 Å². The van der Waals surface area contributed by atoms with E-state index in [0.717, 1.165) is 12.8 Å². The Labute approximate surface area is 205 Å². The van der Waals surface area contributed by atoms with E-state index in [0.29, 0.717) is 12.3 Å². The van der Waals surface area contributed by atoms with Crippen LogP contribution in [0.15, 0.2) is 71.8 Å². The van der Waals surface area contributed by atoms with Crippen LogP contribution in [0.1, 0.15) is 39.8 Å². The Morgan fingerprint density at radius 2 is 1.71 bits per heavy atom. The topological polar surface area (TPSA) is 108 Å². The largest absolute Gasteiger partial charge is 0.405 e. The fourth-order valence-electron chi connectivity index (χ4n) is 5.15. The Bertz CT molecular complexity index is 1330. The Morgan fingerprint density at radius 3 is 2.31 bits per heavy atom. The lowest BCUT2D eigenvalue weighted by atomic mass is 10.2. The number of ether oxygens (including phenoxy) is 1. The van der Waals surface area contributed by atoms with E-state index in [1.54, 1.807) is 10.9 Å². The molecular formula is C26H31N5O3Si. The number of hydrogen-bond donors (Lipinski definition) is 2. The van der Waals surface area contributed by atoms with Crippen molar-refractivity contribution in [3.05, 3.63) is 77.3 Å². The monoisotopic (exact) mass is 489 g/mol. The summed E-state index contributed by atoms with van der Waals surface area (Å²) < 4.78 is 15.2. The van der Waals surface area contributed by atoms with Crippen molar-refractivity contribution in [3.63, 3.8) is 0 Å². The number of H-pyrrole nitrogens is 1. The number of nitrogen functional groups attached to an aromatic ring is 1. The van der Waals surface area contributed by atoms with E-state index >= 15 is 0 Å².